The molecule has 0 aliphatic carbocycles. The van der Waals surface area contributed by atoms with Gasteiger partial charge < -0.3 is 9.88 Å². The van der Waals surface area contributed by atoms with E-state index in [4.69, 9.17) is 0 Å². The van der Waals surface area contributed by atoms with Crippen molar-refractivity contribution in [3.63, 3.8) is 0 Å². The predicted octanol–water partition coefficient (Wildman–Crippen LogP) is 3.26. The Morgan fingerprint density at radius 1 is 1.19 bits per heavy atom. The van der Waals surface area contributed by atoms with Crippen LogP contribution in [0.1, 0.15) is 18.2 Å². The first kappa shape index (κ1) is 10.7. The van der Waals surface area contributed by atoms with Crippen molar-refractivity contribution >= 4 is 11.6 Å². The van der Waals surface area contributed by atoms with Crippen LogP contribution in [0.5, 0.6) is 0 Å². The van der Waals surface area contributed by atoms with E-state index in [2.05, 4.69) is 59.2 Å². The number of hydrogen-bond donors (Lipinski definition) is 1. The number of aromatic nitrogens is 2. The summed E-state index contributed by atoms with van der Waals surface area (Å²) in [6.07, 6.45) is 2.05. The van der Waals surface area contributed by atoms with Gasteiger partial charge in [0.2, 0.25) is 5.95 Å². The maximum Gasteiger partial charge on any atom is 0.207 e. The van der Waals surface area contributed by atoms with Crippen LogP contribution in [0.2, 0.25) is 0 Å². The van der Waals surface area contributed by atoms with Crippen molar-refractivity contribution in [2.24, 2.45) is 0 Å². The van der Waals surface area contributed by atoms with E-state index in [1.54, 1.807) is 0 Å². The smallest absolute Gasteiger partial charge is 0.207 e. The Balaban J connectivity index is 2.22. The summed E-state index contributed by atoms with van der Waals surface area (Å²) in [6, 6.07) is 8.32. The minimum absolute atomic E-state index is 0.906. The van der Waals surface area contributed by atoms with Gasteiger partial charge in [-0.3, -0.25) is 0 Å². The fraction of sp³-hybridized carbons (Fsp3) is 0.308. The normalized spacial score (nSPS) is 10.4. The topological polar surface area (TPSA) is 29.9 Å². The third kappa shape index (κ3) is 2.24. The van der Waals surface area contributed by atoms with Gasteiger partial charge >= 0.3 is 0 Å². The minimum Gasteiger partial charge on any atom is -0.326 e. The van der Waals surface area contributed by atoms with E-state index in [9.17, 15) is 0 Å². The minimum atomic E-state index is 0.906. The maximum absolute atomic E-state index is 4.45. The highest BCUT2D eigenvalue weighted by Crippen LogP contribution is 2.16. The van der Waals surface area contributed by atoms with Gasteiger partial charge in [0.05, 0.1) is 5.69 Å². The number of anilines is 2. The SMILES string of the molecule is CCn1cc(C)nc1Nc1ccc(C)cc1. The summed E-state index contributed by atoms with van der Waals surface area (Å²) in [6.45, 7) is 7.13. The van der Waals surface area contributed by atoms with Gasteiger partial charge in [-0.1, -0.05) is 17.7 Å². The Morgan fingerprint density at radius 2 is 1.88 bits per heavy atom. The molecular weight excluding hydrogens is 198 g/mol. The van der Waals surface area contributed by atoms with Gasteiger partial charge in [0.15, 0.2) is 0 Å². The van der Waals surface area contributed by atoms with Crippen LogP contribution in [0.15, 0.2) is 30.5 Å². The van der Waals surface area contributed by atoms with Crippen LogP contribution >= 0.6 is 0 Å². The molecule has 0 radical (unpaired) electrons. The molecule has 0 aliphatic heterocycles. The van der Waals surface area contributed by atoms with Gasteiger partial charge in [0, 0.05) is 18.4 Å². The van der Waals surface area contributed by atoms with E-state index in [0.717, 1.165) is 23.9 Å². The van der Waals surface area contributed by atoms with Gasteiger partial charge in [0.1, 0.15) is 0 Å². The predicted molar refractivity (Wildman–Crippen MR) is 67.1 cm³/mol. The Morgan fingerprint density at radius 3 is 2.50 bits per heavy atom. The second-order valence-electron chi connectivity index (χ2n) is 3.98. The number of imidazole rings is 1. The molecule has 3 nitrogen and oxygen atoms in total. The van der Waals surface area contributed by atoms with Crippen LogP contribution in [-0.4, -0.2) is 9.55 Å². The van der Waals surface area contributed by atoms with Crippen molar-refractivity contribution in [2.45, 2.75) is 27.3 Å². The van der Waals surface area contributed by atoms with Gasteiger partial charge in [-0.05, 0) is 32.9 Å². The summed E-state index contributed by atoms with van der Waals surface area (Å²) in [4.78, 5) is 4.45. The van der Waals surface area contributed by atoms with Crippen LogP contribution < -0.4 is 5.32 Å². The lowest BCUT2D eigenvalue weighted by Gasteiger charge is -2.07. The van der Waals surface area contributed by atoms with Crippen molar-refractivity contribution in [1.82, 2.24) is 9.55 Å². The van der Waals surface area contributed by atoms with Crippen molar-refractivity contribution in [3.8, 4) is 0 Å². The van der Waals surface area contributed by atoms with Gasteiger partial charge in [-0.2, -0.15) is 0 Å². The number of rotatable bonds is 3. The monoisotopic (exact) mass is 215 g/mol. The quantitative estimate of drug-likeness (QED) is 0.851. The molecule has 2 aromatic rings. The zero-order valence-electron chi connectivity index (χ0n) is 9.99. The number of hydrogen-bond acceptors (Lipinski definition) is 2. The average molecular weight is 215 g/mol. The third-order valence-electron chi connectivity index (χ3n) is 2.55. The molecule has 16 heavy (non-hydrogen) atoms. The zero-order chi connectivity index (χ0) is 11.5. The fourth-order valence-electron chi connectivity index (χ4n) is 1.65. The molecule has 1 aromatic carbocycles. The molecule has 1 aromatic heterocycles. The summed E-state index contributed by atoms with van der Waals surface area (Å²) >= 11 is 0. The maximum atomic E-state index is 4.45. The van der Waals surface area contributed by atoms with E-state index in [1.165, 1.54) is 5.56 Å². The van der Waals surface area contributed by atoms with Gasteiger partial charge in [0.25, 0.3) is 0 Å². The lowest BCUT2D eigenvalue weighted by atomic mass is 10.2. The standard InChI is InChI=1S/C13H17N3/c1-4-16-9-11(3)14-13(16)15-12-7-5-10(2)6-8-12/h5-9H,4H2,1-3H3,(H,14,15). The summed E-state index contributed by atoms with van der Waals surface area (Å²) in [5.41, 5.74) is 3.38. The highest BCUT2D eigenvalue weighted by molar-refractivity contribution is 5.54. The van der Waals surface area contributed by atoms with Crippen LogP contribution in [-0.2, 0) is 6.54 Å². The molecule has 3 heteroatoms. The molecule has 0 bridgehead atoms. The van der Waals surface area contributed by atoms with Crippen molar-refractivity contribution < 1.29 is 0 Å². The van der Waals surface area contributed by atoms with Crippen molar-refractivity contribution in [2.75, 3.05) is 5.32 Å². The van der Waals surface area contributed by atoms with E-state index in [-0.39, 0.29) is 0 Å². The summed E-state index contributed by atoms with van der Waals surface area (Å²) in [5, 5.41) is 3.32. The Hall–Kier alpha value is -1.77. The molecule has 0 saturated heterocycles. The van der Waals surface area contributed by atoms with Crippen molar-refractivity contribution in [1.29, 1.82) is 0 Å². The van der Waals surface area contributed by atoms with Gasteiger partial charge in [-0.25, -0.2) is 4.98 Å². The van der Waals surface area contributed by atoms with Gasteiger partial charge in [-0.15, -0.1) is 0 Å². The van der Waals surface area contributed by atoms with E-state index in [0.29, 0.717) is 0 Å². The lowest BCUT2D eigenvalue weighted by Crippen LogP contribution is -2.01. The summed E-state index contributed by atoms with van der Waals surface area (Å²) in [5.74, 6) is 0.906. The largest absolute Gasteiger partial charge is 0.326 e. The summed E-state index contributed by atoms with van der Waals surface area (Å²) in [7, 11) is 0. The van der Waals surface area contributed by atoms with E-state index >= 15 is 0 Å². The second kappa shape index (κ2) is 4.39. The number of benzene rings is 1. The molecule has 1 N–H and O–H groups in total. The van der Waals surface area contributed by atoms with Crippen molar-refractivity contribution in [3.05, 3.63) is 41.7 Å². The average Bonchev–Trinajstić information content (AvgIpc) is 2.62. The molecule has 0 saturated carbocycles. The molecule has 0 fully saturated rings. The number of nitrogens with zero attached hydrogens (tertiary/aromatic N) is 2. The molecule has 0 unspecified atom stereocenters. The molecule has 0 aliphatic rings. The van der Waals surface area contributed by atoms with Crippen LogP contribution in [0.3, 0.4) is 0 Å². The van der Waals surface area contributed by atoms with Crippen LogP contribution in [0, 0.1) is 13.8 Å². The summed E-state index contributed by atoms with van der Waals surface area (Å²) < 4.78 is 2.11. The van der Waals surface area contributed by atoms with E-state index in [1.807, 2.05) is 6.92 Å². The highest BCUT2D eigenvalue weighted by Gasteiger charge is 2.03. The Labute approximate surface area is 96.1 Å². The molecule has 0 atom stereocenters. The molecule has 2 rings (SSSR count). The molecule has 0 amide bonds. The number of aryl methyl sites for hydroxylation is 3. The molecule has 0 spiro atoms. The molecule has 1 heterocycles. The zero-order valence-corrected chi connectivity index (χ0v) is 9.99. The third-order valence-corrected chi connectivity index (χ3v) is 2.55. The van der Waals surface area contributed by atoms with E-state index < -0.39 is 0 Å². The first-order valence-electron chi connectivity index (χ1n) is 5.56. The lowest BCUT2D eigenvalue weighted by molar-refractivity contribution is 0.771. The molecule has 84 valence electrons. The first-order valence-corrected chi connectivity index (χ1v) is 5.56. The highest BCUT2D eigenvalue weighted by atomic mass is 15.2. The Bertz CT molecular complexity index is 468. The first-order chi connectivity index (χ1) is 7.69. The Kier molecular flexibility index (Phi) is 2.95. The fourth-order valence-corrected chi connectivity index (χ4v) is 1.65. The number of nitrogens with one attached hydrogen (secondary N) is 1. The molecular formula is C13H17N3. The van der Waals surface area contributed by atoms with Crippen LogP contribution in [0.25, 0.3) is 0 Å². The van der Waals surface area contributed by atoms with Crippen LogP contribution in [0.4, 0.5) is 11.6 Å². The second-order valence-corrected chi connectivity index (χ2v) is 3.98.